The number of hydrogen-bond acceptors (Lipinski definition) is 3. The molecule has 0 unspecified atom stereocenters. The lowest BCUT2D eigenvalue weighted by Gasteiger charge is -2.28. The van der Waals surface area contributed by atoms with E-state index in [-0.39, 0.29) is 19.1 Å². The van der Waals surface area contributed by atoms with Gasteiger partial charge < -0.3 is 10.1 Å². The van der Waals surface area contributed by atoms with Crippen molar-refractivity contribution in [3.8, 4) is 0 Å². The molecule has 0 aromatic heterocycles. The molecule has 0 bridgehead atoms. The third kappa shape index (κ3) is 2.28. The molecule has 1 aliphatic heterocycles. The summed E-state index contributed by atoms with van der Waals surface area (Å²) >= 11 is 0. The molecule has 0 saturated heterocycles. The molecule has 1 aliphatic rings. The van der Waals surface area contributed by atoms with E-state index >= 15 is 0 Å². The van der Waals surface area contributed by atoms with Gasteiger partial charge in [0.25, 0.3) is 0 Å². The molecule has 1 aromatic rings. The topological polar surface area (TPSA) is 58.6 Å². The van der Waals surface area contributed by atoms with Crippen LogP contribution < -0.4 is 10.2 Å². The fourth-order valence-corrected chi connectivity index (χ4v) is 1.60. The number of nitrogens with one attached hydrogen (secondary N) is 1. The predicted octanol–water partition coefficient (Wildman–Crippen LogP) is 1.77. The van der Waals surface area contributed by atoms with Gasteiger partial charge in [-0.3, -0.25) is 9.69 Å². The molecule has 2 amide bonds. The van der Waals surface area contributed by atoms with Crippen molar-refractivity contribution >= 4 is 23.4 Å². The van der Waals surface area contributed by atoms with E-state index in [1.807, 2.05) is 0 Å². The van der Waals surface area contributed by atoms with Gasteiger partial charge in [0.1, 0.15) is 13.2 Å². The molecule has 0 spiro atoms. The highest BCUT2D eigenvalue weighted by molar-refractivity contribution is 6.08. The summed E-state index contributed by atoms with van der Waals surface area (Å²) in [6.07, 6.45) is 0.931. The Labute approximate surface area is 98.7 Å². The second kappa shape index (κ2) is 4.69. The number of benzene rings is 1. The molecular weight excluding hydrogens is 220 g/mol. The zero-order valence-corrected chi connectivity index (χ0v) is 9.18. The molecule has 5 heteroatoms. The molecule has 1 aromatic carbocycles. The minimum absolute atomic E-state index is 0.0347. The number of hydrogen-bond donors (Lipinski definition) is 1. The molecule has 0 fully saturated rings. The van der Waals surface area contributed by atoms with Crippen molar-refractivity contribution in [2.45, 2.75) is 0 Å². The number of carbonyl (C=O) groups excluding carboxylic acids is 2. The number of anilines is 2. The van der Waals surface area contributed by atoms with E-state index in [2.05, 4.69) is 11.9 Å². The van der Waals surface area contributed by atoms with Crippen LogP contribution in [0.15, 0.2) is 36.9 Å². The van der Waals surface area contributed by atoms with Crippen LogP contribution in [0.5, 0.6) is 0 Å². The normalized spacial score (nSPS) is 13.6. The lowest BCUT2D eigenvalue weighted by molar-refractivity contribution is -0.115. The maximum atomic E-state index is 11.7. The quantitative estimate of drug-likeness (QED) is 0.790. The zero-order chi connectivity index (χ0) is 12.3. The lowest BCUT2D eigenvalue weighted by atomic mass is 10.2. The monoisotopic (exact) mass is 232 g/mol. The van der Waals surface area contributed by atoms with Crippen molar-refractivity contribution < 1.29 is 14.3 Å². The minimum atomic E-state index is -0.549. The molecule has 88 valence electrons. The summed E-state index contributed by atoms with van der Waals surface area (Å²) in [7, 11) is 0. The molecule has 0 saturated carbocycles. The Morgan fingerprint density at radius 2 is 2.29 bits per heavy atom. The lowest BCUT2D eigenvalue weighted by Crippen LogP contribution is -2.42. The van der Waals surface area contributed by atoms with Crippen molar-refractivity contribution in [3.05, 3.63) is 36.9 Å². The van der Waals surface area contributed by atoms with E-state index in [4.69, 9.17) is 4.74 Å². The van der Waals surface area contributed by atoms with Gasteiger partial charge in [-0.25, -0.2) is 4.79 Å². The van der Waals surface area contributed by atoms with Gasteiger partial charge in [-0.1, -0.05) is 24.8 Å². The van der Waals surface area contributed by atoms with Crippen LogP contribution in [0.4, 0.5) is 16.2 Å². The Hall–Kier alpha value is -2.30. The van der Waals surface area contributed by atoms with Crippen LogP contribution in [-0.2, 0) is 9.53 Å². The zero-order valence-electron chi connectivity index (χ0n) is 9.18. The minimum Gasteiger partial charge on any atom is -0.445 e. The molecule has 2 rings (SSSR count). The smallest absolute Gasteiger partial charge is 0.415 e. The maximum Gasteiger partial charge on any atom is 0.415 e. The van der Waals surface area contributed by atoms with Gasteiger partial charge >= 0.3 is 6.09 Å². The number of carbonyl (C=O) groups is 2. The predicted molar refractivity (Wildman–Crippen MR) is 64.0 cm³/mol. The summed E-state index contributed by atoms with van der Waals surface area (Å²) < 4.78 is 4.92. The third-order valence-corrected chi connectivity index (χ3v) is 2.32. The second-order valence-electron chi connectivity index (χ2n) is 3.52. The van der Waals surface area contributed by atoms with Crippen LogP contribution in [0, 0.1) is 0 Å². The first kappa shape index (κ1) is 11.2. The summed E-state index contributed by atoms with van der Waals surface area (Å²) in [5.74, 6) is -0.237. The van der Waals surface area contributed by atoms with Crippen molar-refractivity contribution in [1.29, 1.82) is 0 Å². The number of rotatable bonds is 2. The van der Waals surface area contributed by atoms with E-state index in [9.17, 15) is 9.59 Å². The first-order chi connectivity index (χ1) is 8.22. The Kier molecular flexibility index (Phi) is 3.09. The van der Waals surface area contributed by atoms with Crippen LogP contribution in [0.25, 0.3) is 0 Å². The molecule has 5 nitrogen and oxygen atoms in total. The SMILES string of the molecule is C=CCOC(=O)N1CC(=O)Nc2ccccc21. The summed E-state index contributed by atoms with van der Waals surface area (Å²) in [6, 6.07) is 7.08. The number of para-hydroxylation sites is 2. The van der Waals surface area contributed by atoms with Gasteiger partial charge in [0.15, 0.2) is 0 Å². The molecule has 17 heavy (non-hydrogen) atoms. The summed E-state index contributed by atoms with van der Waals surface area (Å²) in [6.45, 7) is 3.55. The number of amides is 2. The van der Waals surface area contributed by atoms with Crippen LogP contribution in [-0.4, -0.2) is 25.2 Å². The van der Waals surface area contributed by atoms with E-state index in [0.29, 0.717) is 11.4 Å². The Balaban J connectivity index is 2.26. The van der Waals surface area contributed by atoms with E-state index in [1.54, 1.807) is 24.3 Å². The molecule has 0 aliphatic carbocycles. The standard InChI is InChI=1S/C12H12N2O3/c1-2-7-17-12(16)14-8-11(15)13-9-5-3-4-6-10(9)14/h2-6H,1,7-8H2,(H,13,15). The number of nitrogens with zero attached hydrogens (tertiary/aromatic N) is 1. The van der Waals surface area contributed by atoms with Crippen LogP contribution in [0.1, 0.15) is 0 Å². The van der Waals surface area contributed by atoms with E-state index in [0.717, 1.165) is 0 Å². The van der Waals surface area contributed by atoms with Crippen molar-refractivity contribution in [3.63, 3.8) is 0 Å². The largest absolute Gasteiger partial charge is 0.445 e. The van der Waals surface area contributed by atoms with Crippen LogP contribution >= 0.6 is 0 Å². The Morgan fingerprint density at radius 1 is 1.53 bits per heavy atom. The van der Waals surface area contributed by atoms with Gasteiger partial charge in [0.2, 0.25) is 5.91 Å². The van der Waals surface area contributed by atoms with E-state index in [1.165, 1.54) is 11.0 Å². The average molecular weight is 232 g/mol. The van der Waals surface area contributed by atoms with Crippen molar-refractivity contribution in [2.75, 3.05) is 23.4 Å². The van der Waals surface area contributed by atoms with Crippen molar-refractivity contribution in [2.24, 2.45) is 0 Å². The molecule has 1 heterocycles. The fourth-order valence-electron chi connectivity index (χ4n) is 1.60. The highest BCUT2D eigenvalue weighted by Gasteiger charge is 2.27. The van der Waals surface area contributed by atoms with Crippen molar-refractivity contribution in [1.82, 2.24) is 0 Å². The number of ether oxygens (including phenoxy) is 1. The molecule has 0 atom stereocenters. The molecule has 1 N–H and O–H groups in total. The summed E-state index contributed by atoms with van der Waals surface area (Å²) in [5, 5.41) is 2.69. The van der Waals surface area contributed by atoms with Gasteiger partial charge in [-0.15, -0.1) is 0 Å². The highest BCUT2D eigenvalue weighted by atomic mass is 16.6. The number of fused-ring (bicyclic) bond motifs is 1. The third-order valence-electron chi connectivity index (χ3n) is 2.32. The second-order valence-corrected chi connectivity index (χ2v) is 3.52. The van der Waals surface area contributed by atoms with E-state index < -0.39 is 6.09 Å². The summed E-state index contributed by atoms with van der Waals surface area (Å²) in [4.78, 5) is 24.5. The summed E-state index contributed by atoms with van der Waals surface area (Å²) in [5.41, 5.74) is 1.25. The highest BCUT2D eigenvalue weighted by Crippen LogP contribution is 2.29. The molecular formula is C12H12N2O3. The maximum absolute atomic E-state index is 11.7. The average Bonchev–Trinajstić information content (AvgIpc) is 2.34. The Morgan fingerprint density at radius 3 is 3.06 bits per heavy atom. The van der Waals surface area contributed by atoms with Gasteiger partial charge in [-0.05, 0) is 12.1 Å². The van der Waals surface area contributed by atoms with Gasteiger partial charge in [-0.2, -0.15) is 0 Å². The first-order valence-corrected chi connectivity index (χ1v) is 5.16. The van der Waals surface area contributed by atoms with Gasteiger partial charge in [0, 0.05) is 0 Å². The first-order valence-electron chi connectivity index (χ1n) is 5.16. The Bertz CT molecular complexity index is 471. The fraction of sp³-hybridized carbons (Fsp3) is 0.167. The molecule has 0 radical (unpaired) electrons. The van der Waals surface area contributed by atoms with Crippen LogP contribution in [0.3, 0.4) is 0 Å². The van der Waals surface area contributed by atoms with Gasteiger partial charge in [0.05, 0.1) is 11.4 Å². The van der Waals surface area contributed by atoms with Crippen LogP contribution in [0.2, 0.25) is 0 Å².